The minimum atomic E-state index is 0.419. The van der Waals surface area contributed by atoms with E-state index >= 15 is 0 Å². The molecule has 1 aromatic rings. The average Bonchev–Trinajstić information content (AvgIpc) is 2.16. The number of rotatable bonds is 2. The van der Waals surface area contributed by atoms with Gasteiger partial charge < -0.3 is 10.6 Å². The summed E-state index contributed by atoms with van der Waals surface area (Å²) in [5.74, 6) is 1.09. The molecule has 0 unspecified atom stereocenters. The molecule has 0 saturated carbocycles. The molecule has 2 N–H and O–H groups in total. The van der Waals surface area contributed by atoms with Gasteiger partial charge in [0, 0.05) is 14.1 Å². The summed E-state index contributed by atoms with van der Waals surface area (Å²) < 4.78 is 0. The summed E-state index contributed by atoms with van der Waals surface area (Å²) in [6.45, 7) is 6.90. The van der Waals surface area contributed by atoms with Gasteiger partial charge in [0.1, 0.15) is 18.0 Å². The molecule has 5 nitrogen and oxygen atoms in total. The van der Waals surface area contributed by atoms with Crippen LogP contribution >= 0.6 is 0 Å². The molecule has 0 amide bonds. The number of nitrogens with one attached hydrogen (secondary N) is 2. The molecule has 0 fully saturated rings. The zero-order chi connectivity index (χ0) is 8.97. The molecule has 62 valence electrons. The van der Waals surface area contributed by atoms with Crippen LogP contribution in [0.25, 0.3) is 4.85 Å². The Morgan fingerprint density at radius 1 is 1.25 bits per heavy atom. The van der Waals surface area contributed by atoms with E-state index in [0.29, 0.717) is 17.3 Å². The van der Waals surface area contributed by atoms with Crippen molar-refractivity contribution in [2.45, 2.75) is 0 Å². The lowest BCUT2D eigenvalue weighted by atomic mass is 10.4. The Balaban J connectivity index is 3.25. The molecule has 1 rings (SSSR count). The van der Waals surface area contributed by atoms with Crippen LogP contribution in [0.5, 0.6) is 0 Å². The van der Waals surface area contributed by atoms with Crippen molar-refractivity contribution in [1.82, 2.24) is 9.97 Å². The molecular formula is C7H9N5. The van der Waals surface area contributed by atoms with E-state index < -0.39 is 0 Å². The molecule has 0 spiro atoms. The molecule has 5 heteroatoms. The largest absolute Gasteiger partial charge is 0.382 e. The predicted octanol–water partition coefficient (Wildman–Crippen LogP) is 1.11. The molecule has 12 heavy (non-hydrogen) atoms. The number of hydrogen-bond acceptors (Lipinski definition) is 4. The molecule has 0 saturated heterocycles. The van der Waals surface area contributed by atoms with E-state index in [1.54, 1.807) is 14.1 Å². The summed E-state index contributed by atoms with van der Waals surface area (Å²) in [4.78, 5) is 11.1. The van der Waals surface area contributed by atoms with Crippen LogP contribution in [0.4, 0.5) is 17.3 Å². The van der Waals surface area contributed by atoms with Gasteiger partial charge in [0.2, 0.25) is 0 Å². The molecule has 0 atom stereocenters. The van der Waals surface area contributed by atoms with Crippen LogP contribution in [-0.4, -0.2) is 24.1 Å². The van der Waals surface area contributed by atoms with E-state index in [1.807, 2.05) is 0 Å². The lowest BCUT2D eigenvalue weighted by Gasteiger charge is -2.05. The van der Waals surface area contributed by atoms with Gasteiger partial charge in [0.25, 0.3) is 5.69 Å². The van der Waals surface area contributed by atoms with E-state index in [9.17, 15) is 0 Å². The molecule has 1 heterocycles. The first-order valence-electron chi connectivity index (χ1n) is 3.41. The number of anilines is 2. The van der Waals surface area contributed by atoms with Crippen LogP contribution in [-0.2, 0) is 0 Å². The van der Waals surface area contributed by atoms with Gasteiger partial charge in [-0.1, -0.05) is 0 Å². The molecule has 0 radical (unpaired) electrons. The van der Waals surface area contributed by atoms with E-state index in [4.69, 9.17) is 6.57 Å². The maximum absolute atomic E-state index is 6.90. The van der Waals surface area contributed by atoms with Crippen LogP contribution in [0.1, 0.15) is 0 Å². The normalized spacial score (nSPS) is 8.75. The van der Waals surface area contributed by atoms with Crippen molar-refractivity contribution in [3.8, 4) is 0 Å². The van der Waals surface area contributed by atoms with Crippen molar-refractivity contribution < 1.29 is 0 Å². The number of hydrogen-bond donors (Lipinski definition) is 2. The fourth-order valence-electron chi connectivity index (χ4n) is 0.851. The van der Waals surface area contributed by atoms with Crippen molar-refractivity contribution in [3.05, 3.63) is 17.7 Å². The van der Waals surface area contributed by atoms with Crippen molar-refractivity contribution in [2.24, 2.45) is 0 Å². The molecule has 0 bridgehead atoms. The molecule has 0 aromatic carbocycles. The lowest BCUT2D eigenvalue weighted by molar-refractivity contribution is 1.16. The highest BCUT2D eigenvalue weighted by Crippen LogP contribution is 2.28. The Morgan fingerprint density at radius 2 is 1.75 bits per heavy atom. The second-order valence-corrected chi connectivity index (χ2v) is 2.03. The fourth-order valence-corrected chi connectivity index (χ4v) is 0.851. The van der Waals surface area contributed by atoms with Crippen LogP contribution < -0.4 is 10.6 Å². The van der Waals surface area contributed by atoms with Gasteiger partial charge in [0.15, 0.2) is 0 Å². The zero-order valence-corrected chi connectivity index (χ0v) is 6.92. The third-order valence-electron chi connectivity index (χ3n) is 1.41. The topological polar surface area (TPSA) is 54.2 Å². The standard InChI is InChI=1S/C7H9N5/c1-8-5-6(9-2)11-4-12-7(5)10-3/h4H,2-3H3,(H2,9,10,11,12). The van der Waals surface area contributed by atoms with E-state index in [1.165, 1.54) is 6.33 Å². The second kappa shape index (κ2) is 3.53. The smallest absolute Gasteiger partial charge is 0.268 e. The first-order valence-corrected chi connectivity index (χ1v) is 3.41. The first kappa shape index (κ1) is 8.27. The van der Waals surface area contributed by atoms with E-state index in [0.717, 1.165) is 0 Å². The van der Waals surface area contributed by atoms with Crippen LogP contribution in [0.3, 0.4) is 0 Å². The summed E-state index contributed by atoms with van der Waals surface area (Å²) >= 11 is 0. The monoisotopic (exact) mass is 163 g/mol. The summed E-state index contributed by atoms with van der Waals surface area (Å²) in [5, 5.41) is 5.63. The van der Waals surface area contributed by atoms with Crippen molar-refractivity contribution in [3.63, 3.8) is 0 Å². The highest BCUT2D eigenvalue weighted by atomic mass is 15.1. The van der Waals surface area contributed by atoms with Crippen molar-refractivity contribution in [2.75, 3.05) is 24.7 Å². The number of aromatic nitrogens is 2. The predicted molar refractivity (Wildman–Crippen MR) is 47.4 cm³/mol. The minimum absolute atomic E-state index is 0.419. The minimum Gasteiger partial charge on any atom is -0.382 e. The third kappa shape index (κ3) is 1.27. The molecule has 1 aromatic heterocycles. The maximum atomic E-state index is 6.90. The summed E-state index contributed by atoms with van der Waals surface area (Å²) in [6.07, 6.45) is 1.41. The summed E-state index contributed by atoms with van der Waals surface area (Å²) in [7, 11) is 3.44. The van der Waals surface area contributed by atoms with Gasteiger partial charge in [-0.15, -0.1) is 0 Å². The summed E-state index contributed by atoms with van der Waals surface area (Å²) in [6, 6.07) is 0. The molecule has 0 aliphatic rings. The van der Waals surface area contributed by atoms with Gasteiger partial charge >= 0.3 is 0 Å². The SMILES string of the molecule is [C-]#[N+]c1c(NC)ncnc1NC. The van der Waals surface area contributed by atoms with Gasteiger partial charge in [-0.05, 0) is 0 Å². The van der Waals surface area contributed by atoms with Crippen LogP contribution in [0, 0.1) is 6.57 Å². The third-order valence-corrected chi connectivity index (χ3v) is 1.41. The van der Waals surface area contributed by atoms with E-state index in [-0.39, 0.29) is 0 Å². The second-order valence-electron chi connectivity index (χ2n) is 2.03. The van der Waals surface area contributed by atoms with Crippen molar-refractivity contribution in [1.29, 1.82) is 0 Å². The molecule has 0 aliphatic carbocycles. The van der Waals surface area contributed by atoms with Crippen molar-refractivity contribution >= 4 is 17.3 Å². The van der Waals surface area contributed by atoms with Gasteiger partial charge in [-0.2, -0.15) is 0 Å². The fraction of sp³-hybridized carbons (Fsp3) is 0.286. The highest BCUT2D eigenvalue weighted by Gasteiger charge is 2.07. The zero-order valence-electron chi connectivity index (χ0n) is 6.92. The maximum Gasteiger partial charge on any atom is 0.268 e. The van der Waals surface area contributed by atoms with E-state index in [2.05, 4.69) is 25.4 Å². The van der Waals surface area contributed by atoms with Crippen LogP contribution in [0.15, 0.2) is 6.33 Å². The number of nitrogens with zero attached hydrogens (tertiary/aromatic N) is 3. The van der Waals surface area contributed by atoms with Crippen LogP contribution in [0.2, 0.25) is 0 Å². The Kier molecular flexibility index (Phi) is 2.43. The average molecular weight is 163 g/mol. The summed E-state index contributed by atoms with van der Waals surface area (Å²) in [5.41, 5.74) is 0.419. The van der Waals surface area contributed by atoms with Gasteiger partial charge in [-0.3, -0.25) is 0 Å². The Hall–Kier alpha value is -1.83. The Morgan fingerprint density at radius 3 is 2.08 bits per heavy atom. The highest BCUT2D eigenvalue weighted by molar-refractivity contribution is 5.77. The Bertz CT molecular complexity index is 292. The lowest BCUT2D eigenvalue weighted by Crippen LogP contribution is -1.98. The molecular weight excluding hydrogens is 154 g/mol. The first-order chi connectivity index (χ1) is 5.83. The van der Waals surface area contributed by atoms with Gasteiger partial charge in [-0.25, -0.2) is 14.8 Å². The van der Waals surface area contributed by atoms with Gasteiger partial charge in [0.05, 0.1) is 6.57 Å². The quantitative estimate of drug-likeness (QED) is 0.641. The Labute approximate surface area is 70.7 Å². The molecule has 0 aliphatic heterocycles.